The van der Waals surface area contributed by atoms with Crippen molar-refractivity contribution < 1.29 is 0 Å². The minimum atomic E-state index is -0.111. The minimum absolute atomic E-state index is 0. The van der Waals surface area contributed by atoms with Crippen LogP contribution in [0.1, 0.15) is 57.7 Å². The van der Waals surface area contributed by atoms with Gasteiger partial charge in [0.25, 0.3) is 11.3 Å². The molecule has 2 aromatic heterocycles. The fourth-order valence-corrected chi connectivity index (χ4v) is 3.79. The molecule has 0 unspecified atom stereocenters. The Morgan fingerprint density at radius 3 is 2.28 bits per heavy atom. The van der Waals surface area contributed by atoms with Gasteiger partial charge in [-0.25, -0.2) is 4.98 Å². The summed E-state index contributed by atoms with van der Waals surface area (Å²) in [6, 6.07) is 9.94. The molecule has 3 aromatic rings. The van der Waals surface area contributed by atoms with Gasteiger partial charge in [-0.3, -0.25) is 14.8 Å². The van der Waals surface area contributed by atoms with Crippen LogP contribution in [-0.2, 0) is 12.0 Å². The van der Waals surface area contributed by atoms with Gasteiger partial charge in [-0.2, -0.15) is 9.50 Å². The molecule has 0 atom stereocenters. The number of nitrogens with zero attached hydrogens (tertiary/aromatic N) is 4. The van der Waals surface area contributed by atoms with E-state index in [1.54, 1.807) is 6.07 Å². The minimum Gasteiger partial charge on any atom is -0.298 e. The molecule has 0 radical (unpaired) electrons. The van der Waals surface area contributed by atoms with Crippen LogP contribution >= 0.6 is 12.4 Å². The van der Waals surface area contributed by atoms with Gasteiger partial charge in [0.1, 0.15) is 0 Å². The molecular formula is C22H30ClN5O. The Labute approximate surface area is 177 Å². The molecule has 6 nitrogen and oxygen atoms in total. The van der Waals surface area contributed by atoms with Crippen LogP contribution in [0.4, 0.5) is 0 Å². The summed E-state index contributed by atoms with van der Waals surface area (Å²) in [5, 5.41) is 3.10. The smallest absolute Gasteiger partial charge is 0.274 e. The summed E-state index contributed by atoms with van der Waals surface area (Å²) < 4.78 is 1.43. The number of fused-ring (bicyclic) bond motifs is 1. The molecule has 1 aliphatic rings. The molecule has 0 bridgehead atoms. The zero-order valence-corrected chi connectivity index (χ0v) is 18.3. The van der Waals surface area contributed by atoms with E-state index in [1.165, 1.54) is 35.8 Å². The number of nitrogens with one attached hydrogen (secondary N) is 1. The number of hydrogen-bond acceptors (Lipinski definition) is 4. The third kappa shape index (κ3) is 4.87. The Morgan fingerprint density at radius 1 is 1.00 bits per heavy atom. The first-order valence-electron chi connectivity index (χ1n) is 10.2. The zero-order valence-electron chi connectivity index (χ0n) is 17.4. The monoisotopic (exact) mass is 415 g/mol. The van der Waals surface area contributed by atoms with Crippen molar-refractivity contribution in [3.63, 3.8) is 0 Å². The average molecular weight is 416 g/mol. The molecule has 7 heteroatoms. The van der Waals surface area contributed by atoms with Crippen LogP contribution in [0, 0.1) is 0 Å². The molecule has 1 aliphatic heterocycles. The maximum absolute atomic E-state index is 12.6. The number of likely N-dealkylation sites (tertiary alicyclic amines) is 1. The summed E-state index contributed by atoms with van der Waals surface area (Å²) in [4.78, 5) is 24.2. The van der Waals surface area contributed by atoms with Crippen LogP contribution < -0.4 is 5.56 Å². The van der Waals surface area contributed by atoms with Crippen LogP contribution in [0.3, 0.4) is 0 Å². The SMILES string of the molecule is CC(C)(C)c1ccc(-c2nc3nc(CN4CCCCCC4)cc(=O)n3[nH]2)cc1.Cl. The molecule has 1 saturated heterocycles. The van der Waals surface area contributed by atoms with Gasteiger partial charge in [0.15, 0.2) is 5.82 Å². The lowest BCUT2D eigenvalue weighted by Crippen LogP contribution is -2.26. The first-order valence-corrected chi connectivity index (χ1v) is 10.2. The van der Waals surface area contributed by atoms with E-state index in [2.05, 4.69) is 52.9 Å². The molecule has 3 heterocycles. The lowest BCUT2D eigenvalue weighted by atomic mass is 9.87. The van der Waals surface area contributed by atoms with Crippen molar-refractivity contribution in [2.45, 2.75) is 58.4 Å². The van der Waals surface area contributed by atoms with Crippen LogP contribution in [0.15, 0.2) is 35.1 Å². The Morgan fingerprint density at radius 2 is 1.66 bits per heavy atom. The molecule has 156 valence electrons. The van der Waals surface area contributed by atoms with E-state index in [-0.39, 0.29) is 23.4 Å². The topological polar surface area (TPSA) is 66.3 Å². The quantitative estimate of drug-likeness (QED) is 0.696. The zero-order chi connectivity index (χ0) is 19.7. The lowest BCUT2D eigenvalue weighted by molar-refractivity contribution is 0.273. The largest absolute Gasteiger partial charge is 0.298 e. The fourth-order valence-electron chi connectivity index (χ4n) is 3.79. The van der Waals surface area contributed by atoms with E-state index in [0.29, 0.717) is 18.1 Å². The number of aromatic nitrogens is 4. The highest BCUT2D eigenvalue weighted by molar-refractivity contribution is 5.85. The molecule has 0 spiro atoms. The van der Waals surface area contributed by atoms with Gasteiger partial charge >= 0.3 is 0 Å². The van der Waals surface area contributed by atoms with Gasteiger partial charge in [0.05, 0.1) is 5.69 Å². The summed E-state index contributed by atoms with van der Waals surface area (Å²) in [7, 11) is 0. The number of H-pyrrole nitrogens is 1. The number of rotatable bonds is 3. The molecule has 29 heavy (non-hydrogen) atoms. The molecule has 1 N–H and O–H groups in total. The second-order valence-electron chi connectivity index (χ2n) is 8.81. The number of benzene rings is 1. The number of aromatic amines is 1. The molecule has 1 fully saturated rings. The summed E-state index contributed by atoms with van der Waals surface area (Å²) in [6.45, 7) is 9.45. The van der Waals surface area contributed by atoms with Crippen LogP contribution in [-0.4, -0.2) is 37.6 Å². The van der Waals surface area contributed by atoms with E-state index < -0.39 is 0 Å². The average Bonchev–Trinajstić information content (AvgIpc) is 2.92. The van der Waals surface area contributed by atoms with E-state index in [1.807, 2.05) is 12.1 Å². The highest BCUT2D eigenvalue weighted by Crippen LogP contribution is 2.24. The van der Waals surface area contributed by atoms with Crippen molar-refractivity contribution in [1.29, 1.82) is 0 Å². The van der Waals surface area contributed by atoms with Crippen molar-refractivity contribution in [3.05, 3.63) is 51.9 Å². The highest BCUT2D eigenvalue weighted by atomic mass is 35.5. The fraction of sp³-hybridized carbons (Fsp3) is 0.500. The lowest BCUT2D eigenvalue weighted by Gasteiger charge is -2.18. The molecule has 0 saturated carbocycles. The predicted octanol–water partition coefficient (Wildman–Crippen LogP) is 4.18. The van der Waals surface area contributed by atoms with E-state index in [0.717, 1.165) is 24.3 Å². The second-order valence-corrected chi connectivity index (χ2v) is 8.81. The molecule has 1 aromatic carbocycles. The van der Waals surface area contributed by atoms with Crippen molar-refractivity contribution in [2.75, 3.05) is 13.1 Å². The maximum atomic E-state index is 12.6. The third-order valence-electron chi connectivity index (χ3n) is 5.49. The molecule has 4 rings (SSSR count). The first-order chi connectivity index (χ1) is 13.4. The summed E-state index contributed by atoms with van der Waals surface area (Å²) in [6.07, 6.45) is 5.03. The Kier molecular flexibility index (Phi) is 6.44. The van der Waals surface area contributed by atoms with Crippen molar-refractivity contribution in [1.82, 2.24) is 24.5 Å². The van der Waals surface area contributed by atoms with Crippen LogP contribution in [0.2, 0.25) is 0 Å². The van der Waals surface area contributed by atoms with Crippen molar-refractivity contribution in [2.24, 2.45) is 0 Å². The van der Waals surface area contributed by atoms with Crippen LogP contribution in [0.5, 0.6) is 0 Å². The van der Waals surface area contributed by atoms with Gasteiger partial charge in [0.2, 0.25) is 0 Å². The molecule has 0 amide bonds. The standard InChI is InChI=1S/C22H29N5O.ClH/c1-22(2,3)17-10-8-16(9-11-17)20-24-21-23-18(14-19(28)27(21)25-20)15-26-12-6-4-5-7-13-26;/h8-11,14H,4-7,12-13,15H2,1-3H3,(H,23,24,25);1H. The molecule has 0 aliphatic carbocycles. The Hall–Kier alpha value is -2.18. The van der Waals surface area contributed by atoms with E-state index in [4.69, 9.17) is 0 Å². The summed E-state index contributed by atoms with van der Waals surface area (Å²) in [5.41, 5.74) is 3.01. The second kappa shape index (κ2) is 8.67. The normalized spacial score (nSPS) is 15.8. The van der Waals surface area contributed by atoms with E-state index in [9.17, 15) is 4.79 Å². The highest BCUT2D eigenvalue weighted by Gasteiger charge is 2.16. The molecular weight excluding hydrogens is 386 g/mol. The third-order valence-corrected chi connectivity index (χ3v) is 5.49. The van der Waals surface area contributed by atoms with Crippen molar-refractivity contribution >= 4 is 18.2 Å². The number of hydrogen-bond donors (Lipinski definition) is 1. The Bertz CT molecular complexity index is 1010. The van der Waals surface area contributed by atoms with E-state index >= 15 is 0 Å². The van der Waals surface area contributed by atoms with Gasteiger partial charge in [-0.15, -0.1) is 12.4 Å². The van der Waals surface area contributed by atoms with Gasteiger partial charge in [0, 0.05) is 18.2 Å². The van der Waals surface area contributed by atoms with Crippen LogP contribution in [0.25, 0.3) is 17.2 Å². The Balaban J connectivity index is 0.00000240. The number of halogens is 1. The van der Waals surface area contributed by atoms with Gasteiger partial charge in [-0.1, -0.05) is 57.9 Å². The van der Waals surface area contributed by atoms with Gasteiger partial charge in [-0.05, 0) is 36.9 Å². The van der Waals surface area contributed by atoms with Crippen molar-refractivity contribution in [3.8, 4) is 11.4 Å². The summed E-state index contributed by atoms with van der Waals surface area (Å²) in [5.74, 6) is 1.10. The van der Waals surface area contributed by atoms with Gasteiger partial charge < -0.3 is 0 Å². The summed E-state index contributed by atoms with van der Waals surface area (Å²) >= 11 is 0. The predicted molar refractivity (Wildman–Crippen MR) is 119 cm³/mol. The maximum Gasteiger partial charge on any atom is 0.274 e. The first kappa shape index (κ1) is 21.5.